The lowest BCUT2D eigenvalue weighted by atomic mass is 9.72. The number of nitrogens with one attached hydrogen (secondary N) is 1. The number of likely N-dealkylation sites (tertiary alicyclic amines) is 2. The molecule has 2 saturated heterocycles. The van der Waals surface area contributed by atoms with Crippen molar-refractivity contribution in [3.63, 3.8) is 0 Å². The zero-order valence-corrected chi connectivity index (χ0v) is 16.4. The number of aryl methyl sites for hydroxylation is 1. The van der Waals surface area contributed by atoms with Gasteiger partial charge in [-0.25, -0.2) is 9.97 Å². The molecule has 8 heteroatoms. The van der Waals surface area contributed by atoms with Crippen molar-refractivity contribution in [2.75, 3.05) is 26.2 Å². The molecular weight excluding hydrogens is 362 g/mol. The Hall–Kier alpha value is -2.22. The van der Waals surface area contributed by atoms with Gasteiger partial charge in [0.05, 0.1) is 11.3 Å². The molecule has 0 unspecified atom stereocenters. The molecule has 2 aliphatic heterocycles. The second kappa shape index (κ2) is 7.42. The third-order valence-corrected chi connectivity index (χ3v) is 6.68. The number of H-pyrrole nitrogens is 1. The summed E-state index contributed by atoms with van der Waals surface area (Å²) in [4.78, 5) is 40.4. The SMILES string of the molecule is Cc1nc(C(=O)N2CCC3(CCC(=O)N(CCc4cnc[nH]4)C3)CC2)cs1. The van der Waals surface area contributed by atoms with Crippen LogP contribution in [0, 0.1) is 12.3 Å². The number of carbonyl (C=O) groups is 2. The fraction of sp³-hybridized carbons (Fsp3) is 0.579. The number of hydrogen-bond donors (Lipinski definition) is 1. The minimum Gasteiger partial charge on any atom is -0.348 e. The second-order valence-corrected chi connectivity index (χ2v) is 8.75. The number of piperidine rings is 2. The topological polar surface area (TPSA) is 82.2 Å². The molecule has 144 valence electrons. The quantitative estimate of drug-likeness (QED) is 0.872. The molecule has 27 heavy (non-hydrogen) atoms. The van der Waals surface area contributed by atoms with Crippen LogP contribution in [0.5, 0.6) is 0 Å². The first-order valence-corrected chi connectivity index (χ1v) is 10.4. The maximum atomic E-state index is 12.6. The second-order valence-electron chi connectivity index (χ2n) is 7.69. The van der Waals surface area contributed by atoms with E-state index < -0.39 is 0 Å². The van der Waals surface area contributed by atoms with E-state index in [1.54, 1.807) is 6.33 Å². The Kier molecular flexibility index (Phi) is 4.99. The van der Waals surface area contributed by atoms with Crippen LogP contribution in [0.4, 0.5) is 0 Å². The Morgan fingerprint density at radius 1 is 1.33 bits per heavy atom. The summed E-state index contributed by atoms with van der Waals surface area (Å²) in [7, 11) is 0. The van der Waals surface area contributed by atoms with E-state index in [0.717, 1.165) is 62.6 Å². The van der Waals surface area contributed by atoms with Gasteiger partial charge < -0.3 is 14.8 Å². The maximum Gasteiger partial charge on any atom is 0.273 e. The first-order valence-electron chi connectivity index (χ1n) is 9.51. The number of aromatic nitrogens is 3. The van der Waals surface area contributed by atoms with Crippen LogP contribution in [-0.4, -0.2) is 62.7 Å². The van der Waals surface area contributed by atoms with E-state index >= 15 is 0 Å². The number of rotatable bonds is 4. The average molecular weight is 388 g/mol. The lowest BCUT2D eigenvalue weighted by Crippen LogP contribution is -2.52. The van der Waals surface area contributed by atoms with Gasteiger partial charge >= 0.3 is 0 Å². The van der Waals surface area contributed by atoms with Crippen molar-refractivity contribution in [1.29, 1.82) is 0 Å². The Bertz CT molecular complexity index is 808. The van der Waals surface area contributed by atoms with Crippen molar-refractivity contribution >= 4 is 23.2 Å². The molecule has 0 aliphatic carbocycles. The van der Waals surface area contributed by atoms with Crippen molar-refractivity contribution in [3.8, 4) is 0 Å². The predicted octanol–water partition coefficient (Wildman–Crippen LogP) is 2.26. The number of carbonyl (C=O) groups excluding carboxylic acids is 2. The highest BCUT2D eigenvalue weighted by molar-refractivity contribution is 7.09. The summed E-state index contributed by atoms with van der Waals surface area (Å²) in [6, 6.07) is 0. The van der Waals surface area contributed by atoms with E-state index in [4.69, 9.17) is 0 Å². The van der Waals surface area contributed by atoms with E-state index in [1.807, 2.05) is 28.3 Å². The highest BCUT2D eigenvalue weighted by Crippen LogP contribution is 2.40. The van der Waals surface area contributed by atoms with Crippen LogP contribution < -0.4 is 0 Å². The van der Waals surface area contributed by atoms with Gasteiger partial charge in [-0.1, -0.05) is 0 Å². The summed E-state index contributed by atoms with van der Waals surface area (Å²) in [6.45, 7) is 4.95. The highest BCUT2D eigenvalue weighted by atomic mass is 32.1. The first-order chi connectivity index (χ1) is 13.0. The molecule has 0 radical (unpaired) electrons. The normalized spacial score (nSPS) is 19.7. The van der Waals surface area contributed by atoms with E-state index in [-0.39, 0.29) is 17.2 Å². The van der Waals surface area contributed by atoms with Crippen molar-refractivity contribution in [2.24, 2.45) is 5.41 Å². The standard InChI is InChI=1S/C19H25N5O2S/c1-14-22-16(11-27-14)18(26)23-8-5-19(6-9-23)4-2-17(25)24(12-19)7-3-15-10-20-13-21-15/h10-11,13H,2-9,12H2,1H3,(H,20,21). The summed E-state index contributed by atoms with van der Waals surface area (Å²) >= 11 is 1.51. The Labute approximate surface area is 162 Å². The zero-order valence-electron chi connectivity index (χ0n) is 15.6. The molecule has 2 aromatic rings. The average Bonchev–Trinajstić information content (AvgIpc) is 3.34. The zero-order chi connectivity index (χ0) is 18.9. The summed E-state index contributed by atoms with van der Waals surface area (Å²) in [6.07, 6.45) is 7.74. The fourth-order valence-electron chi connectivity index (χ4n) is 4.20. The first kappa shape index (κ1) is 18.2. The van der Waals surface area contributed by atoms with Gasteiger partial charge in [0.2, 0.25) is 5.91 Å². The van der Waals surface area contributed by atoms with Gasteiger partial charge in [0.25, 0.3) is 5.91 Å². The van der Waals surface area contributed by atoms with Gasteiger partial charge in [-0.3, -0.25) is 9.59 Å². The molecule has 2 amide bonds. The molecule has 0 saturated carbocycles. The number of aromatic amines is 1. The van der Waals surface area contributed by atoms with Crippen molar-refractivity contribution in [1.82, 2.24) is 24.8 Å². The number of amides is 2. The monoisotopic (exact) mass is 387 g/mol. The van der Waals surface area contributed by atoms with Crippen molar-refractivity contribution < 1.29 is 9.59 Å². The van der Waals surface area contributed by atoms with E-state index in [2.05, 4.69) is 15.0 Å². The molecule has 2 fully saturated rings. The molecule has 2 aliphatic rings. The van der Waals surface area contributed by atoms with Gasteiger partial charge in [0.15, 0.2) is 0 Å². The van der Waals surface area contributed by atoms with E-state index in [0.29, 0.717) is 12.1 Å². The lowest BCUT2D eigenvalue weighted by molar-refractivity contribution is -0.138. The predicted molar refractivity (Wildman–Crippen MR) is 103 cm³/mol. The van der Waals surface area contributed by atoms with E-state index in [9.17, 15) is 9.59 Å². The molecule has 1 N–H and O–H groups in total. The smallest absolute Gasteiger partial charge is 0.273 e. The van der Waals surface area contributed by atoms with Gasteiger partial charge in [-0.15, -0.1) is 11.3 Å². The highest BCUT2D eigenvalue weighted by Gasteiger charge is 2.41. The third kappa shape index (κ3) is 3.90. The summed E-state index contributed by atoms with van der Waals surface area (Å²) in [5, 5.41) is 2.77. The number of nitrogens with zero attached hydrogens (tertiary/aromatic N) is 4. The molecular formula is C19H25N5O2S. The Morgan fingerprint density at radius 3 is 2.81 bits per heavy atom. The Morgan fingerprint density at radius 2 is 2.15 bits per heavy atom. The van der Waals surface area contributed by atoms with Gasteiger partial charge in [-0.05, 0) is 31.6 Å². The molecule has 1 spiro atoms. The van der Waals surface area contributed by atoms with Crippen molar-refractivity contribution in [2.45, 2.75) is 39.0 Å². The molecule has 0 bridgehead atoms. The van der Waals surface area contributed by atoms with Crippen molar-refractivity contribution in [3.05, 3.63) is 34.3 Å². The van der Waals surface area contributed by atoms with Crippen LogP contribution in [0.1, 0.15) is 46.9 Å². The number of thiazole rings is 1. The summed E-state index contributed by atoms with van der Waals surface area (Å²) < 4.78 is 0. The van der Waals surface area contributed by atoms with Gasteiger partial charge in [-0.2, -0.15) is 0 Å². The molecule has 4 rings (SSSR count). The molecule has 7 nitrogen and oxygen atoms in total. The van der Waals surface area contributed by atoms with Gasteiger partial charge in [0.1, 0.15) is 5.69 Å². The number of imidazole rings is 1. The Balaban J connectivity index is 1.35. The minimum atomic E-state index is 0.0391. The third-order valence-electron chi connectivity index (χ3n) is 5.90. The minimum absolute atomic E-state index is 0.0391. The molecule has 0 aromatic carbocycles. The molecule has 4 heterocycles. The fourth-order valence-corrected chi connectivity index (χ4v) is 4.79. The van der Waals surface area contributed by atoms with Crippen LogP contribution in [0.15, 0.2) is 17.9 Å². The summed E-state index contributed by atoms with van der Waals surface area (Å²) in [5.41, 5.74) is 1.77. The molecule has 2 aromatic heterocycles. The van der Waals surface area contributed by atoms with Crippen LogP contribution in [-0.2, 0) is 11.2 Å². The van der Waals surface area contributed by atoms with Gasteiger partial charge in [0, 0.05) is 56.3 Å². The van der Waals surface area contributed by atoms with Crippen LogP contribution in [0.3, 0.4) is 0 Å². The summed E-state index contributed by atoms with van der Waals surface area (Å²) in [5.74, 6) is 0.286. The van der Waals surface area contributed by atoms with Crippen LogP contribution in [0.2, 0.25) is 0 Å². The van der Waals surface area contributed by atoms with Crippen LogP contribution in [0.25, 0.3) is 0 Å². The maximum absolute atomic E-state index is 12.6. The number of hydrogen-bond acceptors (Lipinski definition) is 5. The molecule has 0 atom stereocenters. The lowest BCUT2D eigenvalue weighted by Gasteiger charge is -2.47. The van der Waals surface area contributed by atoms with E-state index in [1.165, 1.54) is 11.3 Å². The largest absolute Gasteiger partial charge is 0.348 e. The van der Waals surface area contributed by atoms with Crippen LogP contribution >= 0.6 is 11.3 Å².